The van der Waals surface area contributed by atoms with Crippen molar-refractivity contribution in [1.82, 2.24) is 4.98 Å². The Kier molecular flexibility index (Phi) is 4.41. The van der Waals surface area contributed by atoms with Crippen LogP contribution >= 0.6 is 35.0 Å². The van der Waals surface area contributed by atoms with Crippen LogP contribution < -0.4 is 10.3 Å². The average Bonchev–Trinajstić information content (AvgIpc) is 2.35. The zero-order valence-electron chi connectivity index (χ0n) is 8.98. The summed E-state index contributed by atoms with van der Waals surface area (Å²) in [6.07, 6.45) is 0.493. The van der Waals surface area contributed by atoms with Crippen molar-refractivity contribution in [3.8, 4) is 0 Å². The molecule has 1 amide bonds. The number of rotatable bonds is 4. The van der Waals surface area contributed by atoms with Crippen LogP contribution in [0, 0.1) is 0 Å². The second-order valence-electron chi connectivity index (χ2n) is 3.20. The summed E-state index contributed by atoms with van der Waals surface area (Å²) in [5.41, 5.74) is 0.269. The van der Waals surface area contributed by atoms with Gasteiger partial charge in [-0.25, -0.2) is 4.98 Å². The number of aromatic amines is 1. The van der Waals surface area contributed by atoms with Gasteiger partial charge in [0.1, 0.15) is 0 Å². The number of benzene rings is 1. The second-order valence-corrected chi connectivity index (χ2v) is 5.00. The van der Waals surface area contributed by atoms with E-state index in [-0.39, 0.29) is 16.0 Å². The third-order valence-electron chi connectivity index (χ3n) is 2.00. The van der Waals surface area contributed by atoms with Gasteiger partial charge in [-0.3, -0.25) is 4.79 Å². The predicted molar refractivity (Wildman–Crippen MR) is 71.1 cm³/mol. The van der Waals surface area contributed by atoms with Gasteiger partial charge in [0.15, 0.2) is 5.69 Å². The molecule has 2 rings (SSSR count). The Balaban J connectivity index is 2.28. The normalized spacial score (nSPS) is 10.1. The first kappa shape index (κ1) is 13.1. The van der Waals surface area contributed by atoms with E-state index in [1.807, 2.05) is 30.3 Å². The van der Waals surface area contributed by atoms with Crippen LogP contribution in [0.1, 0.15) is 0 Å². The molecule has 0 saturated carbocycles. The minimum Gasteiger partial charge on any atom is -0.320 e. The summed E-state index contributed by atoms with van der Waals surface area (Å²) in [4.78, 5) is 18.4. The maximum absolute atomic E-state index is 10.4. The van der Waals surface area contributed by atoms with Gasteiger partial charge in [0.05, 0.1) is 0 Å². The van der Waals surface area contributed by atoms with Crippen LogP contribution in [-0.4, -0.2) is 11.4 Å². The number of anilines is 1. The van der Waals surface area contributed by atoms with E-state index in [4.69, 9.17) is 23.2 Å². The third-order valence-corrected chi connectivity index (χ3v) is 3.45. The minimum atomic E-state index is 0.143. The maximum atomic E-state index is 10.4. The first-order chi connectivity index (χ1) is 8.70. The van der Waals surface area contributed by atoms with Gasteiger partial charge in [-0.05, 0) is 40.3 Å². The molecule has 4 nitrogen and oxygen atoms in total. The van der Waals surface area contributed by atoms with Crippen LogP contribution in [0.4, 0.5) is 5.69 Å². The number of aromatic nitrogens is 2. The first-order valence-electron chi connectivity index (χ1n) is 4.92. The Morgan fingerprint density at radius 2 is 2.00 bits per heavy atom. The molecule has 7 heteroatoms. The van der Waals surface area contributed by atoms with Gasteiger partial charge in [-0.1, -0.05) is 18.2 Å². The highest BCUT2D eigenvalue weighted by Crippen LogP contribution is 2.29. The molecule has 0 aliphatic rings. The molecular formula is C11H8Cl2N3OS+. The van der Waals surface area contributed by atoms with Gasteiger partial charge in [0.2, 0.25) is 11.6 Å². The molecule has 0 unspecified atom stereocenters. The van der Waals surface area contributed by atoms with Crippen molar-refractivity contribution in [2.24, 2.45) is 0 Å². The van der Waals surface area contributed by atoms with E-state index in [1.54, 1.807) is 0 Å². The molecule has 18 heavy (non-hydrogen) atoms. The van der Waals surface area contributed by atoms with E-state index in [0.29, 0.717) is 11.6 Å². The van der Waals surface area contributed by atoms with E-state index in [9.17, 15) is 4.79 Å². The molecule has 0 aliphatic carbocycles. The van der Waals surface area contributed by atoms with Crippen LogP contribution in [0.15, 0.2) is 40.4 Å². The lowest BCUT2D eigenvalue weighted by atomic mass is 10.4. The zero-order valence-corrected chi connectivity index (χ0v) is 11.3. The average molecular weight is 301 g/mol. The predicted octanol–water partition coefficient (Wildman–Crippen LogP) is 2.92. The van der Waals surface area contributed by atoms with Gasteiger partial charge in [-0.15, -0.1) is 0 Å². The highest BCUT2D eigenvalue weighted by atomic mass is 35.5. The number of H-pyrrole nitrogens is 1. The first-order valence-corrected chi connectivity index (χ1v) is 6.49. The van der Waals surface area contributed by atoms with Crippen molar-refractivity contribution >= 4 is 47.1 Å². The van der Waals surface area contributed by atoms with E-state index in [1.165, 1.54) is 11.8 Å². The van der Waals surface area contributed by atoms with Gasteiger partial charge in [0.25, 0.3) is 5.15 Å². The van der Waals surface area contributed by atoms with Crippen molar-refractivity contribution in [3.05, 3.63) is 40.6 Å². The SMILES string of the molecule is O=CNc1c(Cl)nc(Sc2ccccc2)[nH+]c1Cl. The molecule has 0 bridgehead atoms. The number of halogens is 2. The highest BCUT2D eigenvalue weighted by molar-refractivity contribution is 7.99. The number of carbonyl (C=O) groups excluding carboxylic acids is 1. The number of nitrogens with one attached hydrogen (secondary N) is 2. The summed E-state index contributed by atoms with van der Waals surface area (Å²) >= 11 is 13.3. The van der Waals surface area contributed by atoms with Crippen molar-refractivity contribution in [1.29, 1.82) is 0 Å². The third kappa shape index (κ3) is 3.13. The van der Waals surface area contributed by atoms with E-state index < -0.39 is 0 Å². The monoisotopic (exact) mass is 300 g/mol. The fraction of sp³-hybridized carbons (Fsp3) is 0. The van der Waals surface area contributed by atoms with E-state index in [0.717, 1.165) is 4.90 Å². The Bertz CT molecular complexity index is 542. The van der Waals surface area contributed by atoms with Gasteiger partial charge >= 0.3 is 5.16 Å². The van der Waals surface area contributed by atoms with Crippen molar-refractivity contribution in [3.63, 3.8) is 0 Å². The number of nitrogens with zero attached hydrogens (tertiary/aromatic N) is 1. The highest BCUT2D eigenvalue weighted by Gasteiger charge is 2.19. The Morgan fingerprint density at radius 3 is 2.61 bits per heavy atom. The maximum Gasteiger partial charge on any atom is 0.364 e. The van der Waals surface area contributed by atoms with Crippen molar-refractivity contribution in [2.75, 3.05) is 5.32 Å². The number of carbonyl (C=O) groups is 1. The van der Waals surface area contributed by atoms with Crippen LogP contribution in [0.5, 0.6) is 0 Å². The number of hydrogen-bond donors (Lipinski definition) is 1. The Hall–Kier alpha value is -1.30. The minimum absolute atomic E-state index is 0.143. The lowest BCUT2D eigenvalue weighted by Gasteiger charge is -2.00. The molecule has 0 spiro atoms. The summed E-state index contributed by atoms with van der Waals surface area (Å²) in [6.45, 7) is 0. The quantitative estimate of drug-likeness (QED) is 0.536. The fourth-order valence-electron chi connectivity index (χ4n) is 1.25. The molecule has 1 aromatic carbocycles. The molecule has 2 N–H and O–H groups in total. The van der Waals surface area contributed by atoms with E-state index >= 15 is 0 Å². The fourth-order valence-corrected chi connectivity index (χ4v) is 2.68. The van der Waals surface area contributed by atoms with Crippen LogP contribution in [0.25, 0.3) is 0 Å². The summed E-state index contributed by atoms with van der Waals surface area (Å²) in [5, 5.41) is 3.32. The zero-order chi connectivity index (χ0) is 13.0. The van der Waals surface area contributed by atoms with Crippen LogP contribution in [0.3, 0.4) is 0 Å². The molecule has 0 saturated heterocycles. The van der Waals surface area contributed by atoms with Gasteiger partial charge < -0.3 is 5.32 Å². The standard InChI is InChI=1S/C11H7Cl2N3OS/c12-9-8(14-6-17)10(13)16-11(15-9)18-7-4-2-1-3-5-7/h1-6H,(H,14,17)/p+1. The van der Waals surface area contributed by atoms with Crippen molar-refractivity contribution in [2.45, 2.75) is 10.1 Å². The molecule has 2 aromatic rings. The summed E-state index contributed by atoms with van der Waals surface area (Å²) < 4.78 is 0. The molecule has 1 aromatic heterocycles. The lowest BCUT2D eigenvalue weighted by Crippen LogP contribution is -2.14. The molecule has 92 valence electrons. The molecular weight excluding hydrogens is 293 g/mol. The number of amides is 1. The lowest BCUT2D eigenvalue weighted by molar-refractivity contribution is -0.430. The van der Waals surface area contributed by atoms with Crippen LogP contribution in [0.2, 0.25) is 10.3 Å². The van der Waals surface area contributed by atoms with Gasteiger partial charge in [0, 0.05) is 16.7 Å². The van der Waals surface area contributed by atoms with Crippen molar-refractivity contribution < 1.29 is 9.78 Å². The van der Waals surface area contributed by atoms with Crippen LogP contribution in [-0.2, 0) is 4.79 Å². The summed E-state index contributed by atoms with van der Waals surface area (Å²) in [7, 11) is 0. The largest absolute Gasteiger partial charge is 0.364 e. The molecule has 1 heterocycles. The smallest absolute Gasteiger partial charge is 0.320 e. The van der Waals surface area contributed by atoms with E-state index in [2.05, 4.69) is 15.3 Å². The summed E-state index contributed by atoms with van der Waals surface area (Å²) in [6, 6.07) is 9.67. The summed E-state index contributed by atoms with van der Waals surface area (Å²) in [5.74, 6) is 0. The topological polar surface area (TPSA) is 56.1 Å². The molecule has 0 fully saturated rings. The Morgan fingerprint density at radius 1 is 1.28 bits per heavy atom. The number of hydrogen-bond acceptors (Lipinski definition) is 3. The van der Waals surface area contributed by atoms with Gasteiger partial charge in [-0.2, -0.15) is 0 Å². The molecule has 0 radical (unpaired) electrons. The Labute approximate surface area is 118 Å². The molecule has 0 atom stereocenters. The molecule has 0 aliphatic heterocycles. The second kappa shape index (κ2) is 6.04.